The van der Waals surface area contributed by atoms with Crippen LogP contribution >= 0.6 is 39.3 Å². The van der Waals surface area contributed by atoms with Crippen LogP contribution in [0.4, 0.5) is 4.79 Å². The molecular formula is C28H17BrClNO4S. The minimum absolute atomic E-state index is 0.165. The van der Waals surface area contributed by atoms with E-state index in [0.29, 0.717) is 16.1 Å². The summed E-state index contributed by atoms with van der Waals surface area (Å²) in [6.07, 6.45) is 1.57. The van der Waals surface area contributed by atoms with Crippen molar-refractivity contribution in [2.24, 2.45) is 0 Å². The van der Waals surface area contributed by atoms with Crippen LogP contribution in [0.15, 0.2) is 94.3 Å². The highest BCUT2D eigenvalue weighted by Crippen LogP contribution is 2.36. The Morgan fingerprint density at radius 2 is 1.75 bits per heavy atom. The molecule has 36 heavy (non-hydrogen) atoms. The van der Waals surface area contributed by atoms with E-state index in [0.717, 1.165) is 32.6 Å². The van der Waals surface area contributed by atoms with Crippen molar-refractivity contribution in [3.05, 3.63) is 116 Å². The molecule has 0 spiro atoms. The third kappa shape index (κ3) is 5.09. The van der Waals surface area contributed by atoms with E-state index in [2.05, 4.69) is 15.9 Å². The van der Waals surface area contributed by atoms with Gasteiger partial charge in [0.05, 0.1) is 17.0 Å². The minimum Gasteiger partial charge on any atom is -0.422 e. The van der Waals surface area contributed by atoms with Crippen LogP contribution in [0.5, 0.6) is 5.75 Å². The molecule has 0 saturated carbocycles. The van der Waals surface area contributed by atoms with Crippen LogP contribution in [0.25, 0.3) is 16.8 Å². The van der Waals surface area contributed by atoms with Crippen LogP contribution in [0, 0.1) is 0 Å². The first-order valence-corrected chi connectivity index (χ1v) is 12.9. The van der Waals surface area contributed by atoms with Crippen molar-refractivity contribution in [2.75, 3.05) is 0 Å². The smallest absolute Gasteiger partial charge is 0.343 e. The van der Waals surface area contributed by atoms with Crippen molar-refractivity contribution < 1.29 is 19.1 Å². The predicted molar refractivity (Wildman–Crippen MR) is 146 cm³/mol. The van der Waals surface area contributed by atoms with E-state index >= 15 is 0 Å². The van der Waals surface area contributed by atoms with Gasteiger partial charge in [0.15, 0.2) is 0 Å². The Labute approximate surface area is 224 Å². The lowest BCUT2D eigenvalue weighted by molar-refractivity contribution is -0.123. The molecule has 5 nitrogen and oxygen atoms in total. The Hall–Kier alpha value is -3.39. The number of thioether (sulfide) groups is 1. The minimum atomic E-state index is -0.585. The van der Waals surface area contributed by atoms with Gasteiger partial charge < -0.3 is 4.74 Å². The molecule has 1 fully saturated rings. The number of halogens is 2. The Bertz CT molecular complexity index is 1560. The number of esters is 1. The predicted octanol–water partition coefficient (Wildman–Crippen LogP) is 7.71. The maximum Gasteiger partial charge on any atom is 0.343 e. The van der Waals surface area contributed by atoms with Crippen molar-refractivity contribution in [2.45, 2.75) is 6.54 Å². The molecule has 1 aliphatic rings. The van der Waals surface area contributed by atoms with Crippen molar-refractivity contribution >= 4 is 73.3 Å². The Morgan fingerprint density at radius 3 is 2.58 bits per heavy atom. The van der Waals surface area contributed by atoms with E-state index in [4.69, 9.17) is 16.3 Å². The summed E-state index contributed by atoms with van der Waals surface area (Å²) < 4.78 is 6.33. The van der Waals surface area contributed by atoms with E-state index in [-0.39, 0.29) is 22.4 Å². The second-order valence-corrected chi connectivity index (χ2v) is 10.3. The van der Waals surface area contributed by atoms with Crippen LogP contribution < -0.4 is 4.74 Å². The van der Waals surface area contributed by atoms with Crippen molar-refractivity contribution in [3.63, 3.8) is 0 Å². The number of hydrogen-bond acceptors (Lipinski definition) is 5. The van der Waals surface area contributed by atoms with E-state index < -0.39 is 11.9 Å². The number of benzene rings is 4. The van der Waals surface area contributed by atoms with E-state index in [1.54, 1.807) is 42.5 Å². The molecule has 4 aromatic carbocycles. The van der Waals surface area contributed by atoms with E-state index in [1.165, 1.54) is 11.0 Å². The first kappa shape index (κ1) is 24.3. The lowest BCUT2D eigenvalue weighted by Crippen LogP contribution is -2.27. The molecule has 0 bridgehead atoms. The molecule has 5 rings (SSSR count). The summed E-state index contributed by atoms with van der Waals surface area (Å²) in [6, 6.07) is 25.2. The maximum atomic E-state index is 13.2. The third-order valence-electron chi connectivity index (χ3n) is 5.60. The number of imide groups is 1. The summed E-state index contributed by atoms with van der Waals surface area (Å²) in [5.41, 5.74) is 1.66. The zero-order chi connectivity index (χ0) is 25.2. The quantitative estimate of drug-likeness (QED) is 0.138. The van der Waals surface area contributed by atoms with Crippen molar-refractivity contribution in [1.82, 2.24) is 4.90 Å². The molecule has 1 aliphatic heterocycles. The fourth-order valence-corrected chi connectivity index (χ4v) is 5.28. The molecule has 1 heterocycles. The number of fused-ring (bicyclic) bond motifs is 1. The molecule has 178 valence electrons. The van der Waals surface area contributed by atoms with Gasteiger partial charge >= 0.3 is 5.97 Å². The molecule has 0 N–H and O–H groups in total. The normalized spacial score (nSPS) is 14.6. The molecular weight excluding hydrogens is 562 g/mol. The van der Waals surface area contributed by atoms with Gasteiger partial charge in [0.2, 0.25) is 0 Å². The van der Waals surface area contributed by atoms with Crippen LogP contribution in [-0.2, 0) is 11.3 Å². The number of carbonyl (C=O) groups excluding carboxylic acids is 3. The highest BCUT2D eigenvalue weighted by Gasteiger charge is 2.35. The van der Waals surface area contributed by atoms with Gasteiger partial charge in [-0.2, -0.15) is 0 Å². The molecule has 0 atom stereocenters. The van der Waals surface area contributed by atoms with Gasteiger partial charge in [-0.25, -0.2) is 4.79 Å². The first-order chi connectivity index (χ1) is 17.4. The van der Waals surface area contributed by atoms with Gasteiger partial charge in [0.25, 0.3) is 11.1 Å². The van der Waals surface area contributed by atoms with Crippen molar-refractivity contribution in [3.8, 4) is 5.75 Å². The topological polar surface area (TPSA) is 63.7 Å². The number of amides is 2. The summed E-state index contributed by atoms with van der Waals surface area (Å²) in [7, 11) is 0. The Kier molecular flexibility index (Phi) is 6.96. The average molecular weight is 579 g/mol. The number of ether oxygens (including phenoxy) is 1. The first-order valence-electron chi connectivity index (χ1n) is 10.9. The molecule has 4 aromatic rings. The molecule has 0 aromatic heterocycles. The zero-order valence-electron chi connectivity index (χ0n) is 18.6. The van der Waals surface area contributed by atoms with Gasteiger partial charge in [-0.15, -0.1) is 0 Å². The monoisotopic (exact) mass is 577 g/mol. The van der Waals surface area contributed by atoms with Gasteiger partial charge in [0.1, 0.15) is 5.75 Å². The SMILES string of the molecule is O=C(Oc1ccc(Br)cc1/C=C1\SC(=O)N(Cc2cccc3ccccc23)C1=O)c1cccc(Cl)c1. The maximum absolute atomic E-state index is 13.2. The lowest BCUT2D eigenvalue weighted by Gasteiger charge is -2.14. The van der Waals surface area contributed by atoms with Gasteiger partial charge in [-0.05, 0) is 70.6 Å². The second-order valence-electron chi connectivity index (χ2n) is 7.99. The van der Waals surface area contributed by atoms with E-state index in [1.807, 2.05) is 42.5 Å². The third-order valence-corrected chi connectivity index (χ3v) is 7.24. The van der Waals surface area contributed by atoms with E-state index in [9.17, 15) is 14.4 Å². The summed E-state index contributed by atoms with van der Waals surface area (Å²) in [5, 5.41) is 2.09. The van der Waals surface area contributed by atoms with Gasteiger partial charge in [-0.1, -0.05) is 76.1 Å². The lowest BCUT2D eigenvalue weighted by atomic mass is 10.0. The number of rotatable bonds is 5. The molecule has 2 amide bonds. The number of nitrogens with zero attached hydrogens (tertiary/aromatic N) is 1. The summed E-state index contributed by atoms with van der Waals surface area (Å²) >= 11 is 10.3. The highest BCUT2D eigenvalue weighted by molar-refractivity contribution is 9.10. The van der Waals surface area contributed by atoms with Gasteiger partial charge in [-0.3, -0.25) is 14.5 Å². The summed E-state index contributed by atoms with van der Waals surface area (Å²) in [6.45, 7) is 0.165. The molecule has 1 saturated heterocycles. The highest BCUT2D eigenvalue weighted by atomic mass is 79.9. The summed E-state index contributed by atoms with van der Waals surface area (Å²) in [4.78, 5) is 40.2. The Balaban J connectivity index is 1.42. The molecule has 0 radical (unpaired) electrons. The van der Waals surface area contributed by atoms with Crippen LogP contribution in [-0.4, -0.2) is 22.0 Å². The second kappa shape index (κ2) is 10.3. The fraction of sp³-hybridized carbons (Fsp3) is 0.0357. The van der Waals surface area contributed by atoms with Crippen molar-refractivity contribution in [1.29, 1.82) is 0 Å². The summed E-state index contributed by atoms with van der Waals surface area (Å²) in [5.74, 6) is -0.729. The number of hydrogen-bond donors (Lipinski definition) is 0. The number of carbonyl (C=O) groups is 3. The Morgan fingerprint density at radius 1 is 0.972 bits per heavy atom. The standard InChI is InChI=1S/C28H17BrClNO4S/c29-21-11-12-24(35-27(33)18-7-4-9-22(30)14-18)20(13-21)15-25-26(32)31(28(34)36-25)16-19-8-3-6-17-5-1-2-10-23(17)19/h1-15H,16H2/b25-15-. The van der Waals surface area contributed by atoms with Crippen LogP contribution in [0.2, 0.25) is 5.02 Å². The molecule has 0 unspecified atom stereocenters. The molecule has 8 heteroatoms. The van der Waals surface area contributed by atoms with Gasteiger partial charge in [0, 0.05) is 15.1 Å². The largest absolute Gasteiger partial charge is 0.422 e. The van der Waals surface area contributed by atoms with Crippen LogP contribution in [0.1, 0.15) is 21.5 Å². The van der Waals surface area contributed by atoms with Crippen LogP contribution in [0.3, 0.4) is 0 Å². The molecule has 0 aliphatic carbocycles. The zero-order valence-corrected chi connectivity index (χ0v) is 21.8. The fourth-order valence-electron chi connectivity index (χ4n) is 3.88. The average Bonchev–Trinajstić information content (AvgIpc) is 3.13.